The van der Waals surface area contributed by atoms with Gasteiger partial charge >= 0.3 is 0 Å². The topological polar surface area (TPSA) is 79.0 Å². The van der Waals surface area contributed by atoms with Crippen LogP contribution in [0.5, 0.6) is 5.75 Å². The number of piperidine rings is 1. The quantitative estimate of drug-likeness (QED) is 0.761. The standard InChI is InChI=1S/C22H29N3O4S/c1-16-15-17(22(26)23-18-11-13-24(2)14-12-18)5-10-21(16)25(3)30(27,28)20-8-6-19(29-4)7-9-20/h5-10,15,18H,11-14H2,1-4H3,(H,23,26). The Morgan fingerprint density at radius 2 is 1.77 bits per heavy atom. The van der Waals surface area contributed by atoms with E-state index < -0.39 is 10.0 Å². The molecule has 1 heterocycles. The first-order valence-electron chi connectivity index (χ1n) is 9.95. The van der Waals surface area contributed by atoms with Gasteiger partial charge in [-0.15, -0.1) is 0 Å². The van der Waals surface area contributed by atoms with E-state index in [1.807, 2.05) is 6.92 Å². The number of rotatable bonds is 6. The number of nitrogens with zero attached hydrogens (tertiary/aromatic N) is 2. The Balaban J connectivity index is 1.75. The van der Waals surface area contributed by atoms with Crippen LogP contribution in [0.4, 0.5) is 5.69 Å². The highest BCUT2D eigenvalue weighted by Crippen LogP contribution is 2.27. The number of amides is 1. The molecule has 8 heteroatoms. The number of sulfonamides is 1. The highest BCUT2D eigenvalue weighted by Gasteiger charge is 2.24. The fraction of sp³-hybridized carbons (Fsp3) is 0.409. The largest absolute Gasteiger partial charge is 0.497 e. The number of aryl methyl sites for hydroxylation is 1. The van der Waals surface area contributed by atoms with Crippen LogP contribution in [0.3, 0.4) is 0 Å². The van der Waals surface area contributed by atoms with E-state index in [9.17, 15) is 13.2 Å². The summed E-state index contributed by atoms with van der Waals surface area (Å²) < 4.78 is 32.3. The summed E-state index contributed by atoms with van der Waals surface area (Å²) in [4.78, 5) is 15.1. The van der Waals surface area contributed by atoms with Gasteiger partial charge in [0.25, 0.3) is 15.9 Å². The van der Waals surface area contributed by atoms with Crippen LogP contribution in [0.25, 0.3) is 0 Å². The summed E-state index contributed by atoms with van der Waals surface area (Å²) in [6, 6.07) is 11.5. The number of hydrogen-bond donors (Lipinski definition) is 1. The van der Waals surface area contributed by atoms with Crippen molar-refractivity contribution in [3.05, 3.63) is 53.6 Å². The Hall–Kier alpha value is -2.58. The molecule has 0 bridgehead atoms. The maximum atomic E-state index is 13.0. The first-order valence-corrected chi connectivity index (χ1v) is 11.4. The molecule has 3 rings (SSSR count). The summed E-state index contributed by atoms with van der Waals surface area (Å²) in [5.74, 6) is 0.465. The molecule has 0 atom stereocenters. The number of carbonyl (C=O) groups excluding carboxylic acids is 1. The minimum Gasteiger partial charge on any atom is -0.497 e. The summed E-state index contributed by atoms with van der Waals surface area (Å²) in [5.41, 5.74) is 1.78. The SMILES string of the molecule is COc1ccc(S(=O)(=O)N(C)c2ccc(C(=O)NC3CCN(C)CC3)cc2C)cc1. The molecule has 7 nitrogen and oxygen atoms in total. The first-order chi connectivity index (χ1) is 14.2. The minimum absolute atomic E-state index is 0.125. The number of likely N-dealkylation sites (tertiary alicyclic amines) is 1. The lowest BCUT2D eigenvalue weighted by Crippen LogP contribution is -2.43. The van der Waals surface area contributed by atoms with Crippen molar-refractivity contribution in [3.63, 3.8) is 0 Å². The van der Waals surface area contributed by atoms with Gasteiger partial charge in [0.1, 0.15) is 5.75 Å². The molecular formula is C22H29N3O4S. The molecule has 2 aromatic rings. The Labute approximate surface area is 178 Å². The van der Waals surface area contributed by atoms with Gasteiger partial charge in [-0.2, -0.15) is 0 Å². The van der Waals surface area contributed by atoms with Crippen LogP contribution < -0.4 is 14.4 Å². The molecule has 2 aromatic carbocycles. The molecule has 0 spiro atoms. The van der Waals surface area contributed by atoms with Gasteiger partial charge in [0, 0.05) is 18.7 Å². The van der Waals surface area contributed by atoms with E-state index in [0.29, 0.717) is 22.6 Å². The van der Waals surface area contributed by atoms with Crippen LogP contribution >= 0.6 is 0 Å². The molecule has 162 valence electrons. The molecule has 1 amide bonds. The normalized spacial score (nSPS) is 15.6. The predicted molar refractivity (Wildman–Crippen MR) is 118 cm³/mol. The van der Waals surface area contributed by atoms with Gasteiger partial charge < -0.3 is 15.0 Å². The molecule has 0 saturated carbocycles. The number of anilines is 1. The van der Waals surface area contributed by atoms with Crippen molar-refractivity contribution in [2.45, 2.75) is 30.7 Å². The average molecular weight is 432 g/mol. The molecule has 0 radical (unpaired) electrons. The number of benzene rings is 2. The van der Waals surface area contributed by atoms with Gasteiger partial charge in [0.05, 0.1) is 17.7 Å². The summed E-state index contributed by atoms with van der Waals surface area (Å²) in [5, 5.41) is 3.09. The van der Waals surface area contributed by atoms with E-state index >= 15 is 0 Å². The summed E-state index contributed by atoms with van der Waals surface area (Å²) >= 11 is 0. The van der Waals surface area contributed by atoms with Gasteiger partial charge in [-0.1, -0.05) is 0 Å². The Kier molecular flexibility index (Phi) is 6.67. The maximum Gasteiger partial charge on any atom is 0.264 e. The van der Waals surface area contributed by atoms with Crippen LogP contribution in [0.2, 0.25) is 0 Å². The molecule has 1 N–H and O–H groups in total. The molecule has 1 aliphatic heterocycles. The zero-order chi connectivity index (χ0) is 21.9. The number of methoxy groups -OCH3 is 1. The fourth-order valence-electron chi connectivity index (χ4n) is 3.61. The zero-order valence-corrected chi connectivity index (χ0v) is 18.7. The van der Waals surface area contributed by atoms with Crippen molar-refractivity contribution < 1.29 is 17.9 Å². The Bertz CT molecular complexity index is 998. The molecule has 1 aliphatic rings. The summed E-state index contributed by atoms with van der Waals surface area (Å²) in [6.07, 6.45) is 1.87. The van der Waals surface area contributed by atoms with Gasteiger partial charge in [0.15, 0.2) is 0 Å². The molecule has 1 fully saturated rings. The van der Waals surface area contributed by atoms with E-state index in [1.54, 1.807) is 30.3 Å². The molecule has 0 aromatic heterocycles. The van der Waals surface area contributed by atoms with Crippen molar-refractivity contribution in [1.29, 1.82) is 0 Å². The first kappa shape index (κ1) is 22.1. The molecular weight excluding hydrogens is 402 g/mol. The Morgan fingerprint density at radius 3 is 2.33 bits per heavy atom. The lowest BCUT2D eigenvalue weighted by Gasteiger charge is -2.29. The second-order valence-electron chi connectivity index (χ2n) is 7.70. The predicted octanol–water partition coefficient (Wildman–Crippen LogP) is 2.65. The number of ether oxygens (including phenoxy) is 1. The van der Waals surface area contributed by atoms with Crippen LogP contribution in [-0.2, 0) is 10.0 Å². The van der Waals surface area contributed by atoms with Crippen LogP contribution in [0.15, 0.2) is 47.4 Å². The van der Waals surface area contributed by atoms with Crippen molar-refractivity contribution in [3.8, 4) is 5.75 Å². The number of nitrogens with one attached hydrogen (secondary N) is 1. The van der Waals surface area contributed by atoms with Crippen LogP contribution in [-0.4, -0.2) is 59.6 Å². The summed E-state index contributed by atoms with van der Waals surface area (Å²) in [7, 11) is 1.40. The monoisotopic (exact) mass is 431 g/mol. The van der Waals surface area contributed by atoms with Crippen molar-refractivity contribution >= 4 is 21.6 Å². The fourth-order valence-corrected chi connectivity index (χ4v) is 4.87. The molecule has 30 heavy (non-hydrogen) atoms. The Morgan fingerprint density at radius 1 is 1.13 bits per heavy atom. The second kappa shape index (κ2) is 9.06. The third kappa shape index (κ3) is 4.76. The highest BCUT2D eigenvalue weighted by atomic mass is 32.2. The average Bonchev–Trinajstić information content (AvgIpc) is 2.74. The minimum atomic E-state index is -3.73. The molecule has 1 saturated heterocycles. The van der Waals surface area contributed by atoms with Gasteiger partial charge in [-0.05, 0) is 87.9 Å². The third-order valence-corrected chi connectivity index (χ3v) is 7.36. The van der Waals surface area contributed by atoms with Gasteiger partial charge in [-0.25, -0.2) is 8.42 Å². The lowest BCUT2D eigenvalue weighted by atomic mass is 10.0. The van der Waals surface area contributed by atoms with E-state index in [4.69, 9.17) is 4.74 Å². The van der Waals surface area contributed by atoms with E-state index in [2.05, 4.69) is 17.3 Å². The maximum absolute atomic E-state index is 13.0. The van der Waals surface area contributed by atoms with Crippen molar-refractivity contribution in [2.75, 3.05) is 38.6 Å². The number of carbonyl (C=O) groups is 1. The smallest absolute Gasteiger partial charge is 0.264 e. The highest BCUT2D eigenvalue weighted by molar-refractivity contribution is 7.92. The van der Waals surface area contributed by atoms with Crippen molar-refractivity contribution in [1.82, 2.24) is 10.2 Å². The van der Waals surface area contributed by atoms with E-state index in [1.165, 1.54) is 30.6 Å². The lowest BCUT2D eigenvalue weighted by molar-refractivity contribution is 0.0917. The van der Waals surface area contributed by atoms with Gasteiger partial charge in [-0.3, -0.25) is 9.10 Å². The number of hydrogen-bond acceptors (Lipinski definition) is 5. The van der Waals surface area contributed by atoms with Crippen LogP contribution in [0, 0.1) is 6.92 Å². The third-order valence-electron chi connectivity index (χ3n) is 5.57. The summed E-state index contributed by atoms with van der Waals surface area (Å²) in [6.45, 7) is 3.75. The van der Waals surface area contributed by atoms with Crippen LogP contribution in [0.1, 0.15) is 28.8 Å². The van der Waals surface area contributed by atoms with Gasteiger partial charge in [0.2, 0.25) is 0 Å². The zero-order valence-electron chi connectivity index (χ0n) is 17.9. The van der Waals surface area contributed by atoms with E-state index in [-0.39, 0.29) is 16.8 Å². The second-order valence-corrected chi connectivity index (χ2v) is 9.67. The van der Waals surface area contributed by atoms with Crippen molar-refractivity contribution in [2.24, 2.45) is 0 Å². The molecule has 0 unspecified atom stereocenters. The van der Waals surface area contributed by atoms with E-state index in [0.717, 1.165) is 25.9 Å². The molecule has 0 aliphatic carbocycles.